The normalized spacial score (nSPS) is 11.4. The number of phenolic OH excluding ortho intramolecular Hbond substituents is 1. The van der Waals surface area contributed by atoms with Crippen molar-refractivity contribution in [3.8, 4) is 17.9 Å². The van der Waals surface area contributed by atoms with Gasteiger partial charge in [0.1, 0.15) is 18.8 Å². The molecule has 0 aromatic heterocycles. The molecule has 20 heavy (non-hydrogen) atoms. The third-order valence-electron chi connectivity index (χ3n) is 3.07. The Morgan fingerprint density at radius 3 is 2.45 bits per heavy atom. The average molecular weight is 272 g/mol. The lowest BCUT2D eigenvalue weighted by Crippen LogP contribution is -2.24. The Hall–Kier alpha value is -2.24. The van der Waals surface area contributed by atoms with Crippen molar-refractivity contribution in [2.45, 2.75) is 26.3 Å². The van der Waals surface area contributed by atoms with Gasteiger partial charge in [-0.2, -0.15) is 10.5 Å². The number of anilines is 1. The van der Waals surface area contributed by atoms with Crippen LogP contribution in [0.2, 0.25) is 0 Å². The number of nitrogens with one attached hydrogen (secondary N) is 1. The number of hydrogen-bond acceptors (Lipinski definition) is 5. The van der Waals surface area contributed by atoms with Crippen LogP contribution in [0, 0.1) is 22.7 Å². The molecule has 0 aliphatic carbocycles. The van der Waals surface area contributed by atoms with Gasteiger partial charge in [0.2, 0.25) is 0 Å². The quantitative estimate of drug-likeness (QED) is 0.744. The Morgan fingerprint density at radius 1 is 1.30 bits per heavy atom. The highest BCUT2D eigenvalue weighted by molar-refractivity contribution is 5.55. The zero-order valence-electron chi connectivity index (χ0n) is 11.9. The second-order valence-electron chi connectivity index (χ2n) is 4.59. The van der Waals surface area contributed by atoms with Crippen LogP contribution in [-0.4, -0.2) is 24.7 Å². The van der Waals surface area contributed by atoms with Crippen molar-refractivity contribution in [2.24, 2.45) is 0 Å². The summed E-state index contributed by atoms with van der Waals surface area (Å²) in [6, 6.07) is 9.36. The number of nitrogens with zero attached hydrogens (tertiary/aromatic N) is 3. The van der Waals surface area contributed by atoms with Crippen LogP contribution in [0.1, 0.15) is 31.9 Å². The summed E-state index contributed by atoms with van der Waals surface area (Å²) < 4.78 is 0. The van der Waals surface area contributed by atoms with Gasteiger partial charge in [0, 0.05) is 23.4 Å². The Labute approximate surface area is 120 Å². The summed E-state index contributed by atoms with van der Waals surface area (Å²) in [7, 11) is 0. The molecule has 0 aliphatic heterocycles. The summed E-state index contributed by atoms with van der Waals surface area (Å²) in [4.78, 5) is 1.62. The average Bonchev–Trinajstić information content (AvgIpc) is 2.44. The minimum atomic E-state index is 0.0596. The maximum absolute atomic E-state index is 10.1. The first-order chi connectivity index (χ1) is 9.63. The van der Waals surface area contributed by atoms with Crippen molar-refractivity contribution in [3.63, 3.8) is 0 Å². The summed E-state index contributed by atoms with van der Waals surface area (Å²) in [5.41, 5.74) is 1.49. The summed E-state index contributed by atoms with van der Waals surface area (Å²) >= 11 is 0. The van der Waals surface area contributed by atoms with Gasteiger partial charge in [-0.25, -0.2) is 0 Å². The molecule has 0 saturated carbocycles. The predicted molar refractivity (Wildman–Crippen MR) is 78.3 cm³/mol. The van der Waals surface area contributed by atoms with E-state index in [4.69, 9.17) is 10.5 Å². The van der Waals surface area contributed by atoms with Crippen molar-refractivity contribution in [1.29, 1.82) is 10.5 Å². The number of phenols is 1. The van der Waals surface area contributed by atoms with Crippen molar-refractivity contribution in [2.75, 3.05) is 24.5 Å². The van der Waals surface area contributed by atoms with Crippen molar-refractivity contribution >= 4 is 5.69 Å². The lowest BCUT2D eigenvalue weighted by Gasteiger charge is -2.21. The van der Waals surface area contributed by atoms with E-state index < -0.39 is 0 Å². The van der Waals surface area contributed by atoms with Crippen LogP contribution < -0.4 is 10.2 Å². The van der Waals surface area contributed by atoms with Crippen LogP contribution in [0.25, 0.3) is 0 Å². The van der Waals surface area contributed by atoms with E-state index in [9.17, 15) is 5.11 Å². The van der Waals surface area contributed by atoms with Crippen LogP contribution >= 0.6 is 0 Å². The Kier molecular flexibility index (Phi) is 6.36. The van der Waals surface area contributed by atoms with Crippen LogP contribution in [0.5, 0.6) is 5.75 Å². The van der Waals surface area contributed by atoms with E-state index in [1.807, 2.05) is 31.2 Å². The predicted octanol–water partition coefficient (Wildman–Crippen LogP) is 2.31. The molecule has 1 atom stereocenters. The second-order valence-corrected chi connectivity index (χ2v) is 4.59. The van der Waals surface area contributed by atoms with Crippen molar-refractivity contribution < 1.29 is 5.11 Å². The van der Waals surface area contributed by atoms with E-state index in [1.54, 1.807) is 11.0 Å². The Bertz CT molecular complexity index is 500. The Balaban J connectivity index is 2.91. The lowest BCUT2D eigenvalue weighted by molar-refractivity contribution is 0.452. The highest BCUT2D eigenvalue weighted by Gasteiger charge is 2.12. The zero-order chi connectivity index (χ0) is 15.0. The molecule has 0 spiro atoms. The molecular formula is C15H20N4O. The molecule has 0 radical (unpaired) electrons. The van der Waals surface area contributed by atoms with Gasteiger partial charge in [-0.3, -0.25) is 0 Å². The lowest BCUT2D eigenvalue weighted by atomic mass is 10.1. The SMILES string of the molecule is CCCNC(C)c1ccc(N(CC#N)CC#N)cc1O. The van der Waals surface area contributed by atoms with Gasteiger partial charge >= 0.3 is 0 Å². The number of hydrogen-bond donors (Lipinski definition) is 2. The van der Waals surface area contributed by atoms with E-state index in [0.717, 1.165) is 18.5 Å². The fourth-order valence-corrected chi connectivity index (χ4v) is 1.97. The van der Waals surface area contributed by atoms with Crippen LogP contribution in [0.15, 0.2) is 18.2 Å². The summed E-state index contributed by atoms with van der Waals surface area (Å²) in [5, 5.41) is 30.9. The van der Waals surface area contributed by atoms with E-state index in [-0.39, 0.29) is 24.9 Å². The molecule has 0 fully saturated rings. The van der Waals surface area contributed by atoms with Crippen LogP contribution in [0.4, 0.5) is 5.69 Å². The molecule has 1 rings (SSSR count). The molecule has 0 heterocycles. The minimum absolute atomic E-state index is 0.0596. The fraction of sp³-hybridized carbons (Fsp3) is 0.467. The maximum Gasteiger partial charge on any atom is 0.122 e. The van der Waals surface area contributed by atoms with E-state index >= 15 is 0 Å². The topological polar surface area (TPSA) is 83.1 Å². The molecule has 106 valence electrons. The molecule has 2 N–H and O–H groups in total. The van der Waals surface area contributed by atoms with Crippen molar-refractivity contribution in [3.05, 3.63) is 23.8 Å². The molecular weight excluding hydrogens is 252 g/mol. The Morgan fingerprint density at radius 2 is 1.95 bits per heavy atom. The highest BCUT2D eigenvalue weighted by Crippen LogP contribution is 2.29. The molecule has 0 saturated heterocycles. The second kappa shape index (κ2) is 8.04. The molecule has 1 aromatic carbocycles. The minimum Gasteiger partial charge on any atom is -0.508 e. The number of benzene rings is 1. The van der Waals surface area contributed by atoms with Crippen LogP contribution in [-0.2, 0) is 0 Å². The van der Waals surface area contributed by atoms with Gasteiger partial charge in [-0.1, -0.05) is 13.0 Å². The molecule has 0 aliphatic rings. The van der Waals surface area contributed by atoms with Gasteiger partial charge in [0.15, 0.2) is 0 Å². The van der Waals surface area contributed by atoms with Gasteiger partial charge in [-0.15, -0.1) is 0 Å². The third kappa shape index (κ3) is 4.15. The standard InChI is InChI=1S/C15H20N4O/c1-3-8-18-12(2)14-5-4-13(11-15(14)20)19(9-6-16)10-7-17/h4-5,11-12,18,20H,3,8-10H2,1-2H3. The van der Waals surface area contributed by atoms with Crippen LogP contribution in [0.3, 0.4) is 0 Å². The van der Waals surface area contributed by atoms with Gasteiger partial charge in [0.25, 0.3) is 0 Å². The summed E-state index contributed by atoms with van der Waals surface area (Å²) in [6.07, 6.45) is 1.03. The summed E-state index contributed by atoms with van der Waals surface area (Å²) in [6.45, 7) is 5.21. The molecule has 5 heteroatoms. The van der Waals surface area contributed by atoms with Gasteiger partial charge < -0.3 is 15.3 Å². The molecule has 1 aromatic rings. The maximum atomic E-state index is 10.1. The molecule has 1 unspecified atom stereocenters. The highest BCUT2D eigenvalue weighted by atomic mass is 16.3. The number of aromatic hydroxyl groups is 1. The number of nitriles is 2. The van der Waals surface area contributed by atoms with Gasteiger partial charge in [0.05, 0.1) is 12.1 Å². The van der Waals surface area contributed by atoms with E-state index in [2.05, 4.69) is 12.2 Å². The van der Waals surface area contributed by atoms with E-state index in [1.165, 1.54) is 0 Å². The van der Waals surface area contributed by atoms with E-state index in [0.29, 0.717) is 5.69 Å². The third-order valence-corrected chi connectivity index (χ3v) is 3.07. The smallest absolute Gasteiger partial charge is 0.122 e. The largest absolute Gasteiger partial charge is 0.508 e. The monoisotopic (exact) mass is 272 g/mol. The molecule has 0 bridgehead atoms. The number of rotatable bonds is 7. The first-order valence-electron chi connectivity index (χ1n) is 6.69. The van der Waals surface area contributed by atoms with Gasteiger partial charge in [-0.05, 0) is 26.0 Å². The first-order valence-corrected chi connectivity index (χ1v) is 6.69. The summed E-state index contributed by atoms with van der Waals surface area (Å²) in [5.74, 6) is 0.180. The van der Waals surface area contributed by atoms with Crippen molar-refractivity contribution in [1.82, 2.24) is 5.32 Å². The zero-order valence-corrected chi connectivity index (χ0v) is 11.9. The molecule has 5 nitrogen and oxygen atoms in total. The molecule has 0 amide bonds. The fourth-order valence-electron chi connectivity index (χ4n) is 1.97. The first kappa shape index (κ1) is 15.8.